The van der Waals surface area contributed by atoms with Gasteiger partial charge in [0.25, 0.3) is 5.91 Å². The van der Waals surface area contributed by atoms with E-state index in [1.165, 1.54) is 34.9 Å². The minimum Gasteiger partial charge on any atom is -0.336 e. The quantitative estimate of drug-likeness (QED) is 0.661. The van der Waals surface area contributed by atoms with E-state index in [-0.39, 0.29) is 11.4 Å². The molecule has 0 N–H and O–H groups in total. The average Bonchev–Trinajstić information content (AvgIpc) is 3.17. The van der Waals surface area contributed by atoms with Gasteiger partial charge >= 0.3 is 6.18 Å². The maximum Gasteiger partial charge on any atom is 0.418 e. The summed E-state index contributed by atoms with van der Waals surface area (Å²) in [4.78, 5) is 14.0. The van der Waals surface area contributed by atoms with Crippen molar-refractivity contribution in [3.8, 4) is 5.69 Å². The van der Waals surface area contributed by atoms with E-state index in [4.69, 9.17) is 0 Å². The number of halogens is 3. The van der Waals surface area contributed by atoms with Crippen LogP contribution in [0.1, 0.15) is 34.1 Å². The van der Waals surface area contributed by atoms with Gasteiger partial charge in [0, 0.05) is 13.6 Å². The number of hydrogen-bond donors (Lipinski definition) is 0. The number of carbonyl (C=O) groups excluding carboxylic acids is 1. The van der Waals surface area contributed by atoms with Gasteiger partial charge in [-0.1, -0.05) is 48.5 Å². The van der Waals surface area contributed by atoms with E-state index in [2.05, 4.69) is 17.2 Å². The minimum absolute atomic E-state index is 0.0235. The topological polar surface area (TPSA) is 51.0 Å². The molecule has 146 valence electrons. The molecule has 0 saturated heterocycles. The highest BCUT2D eigenvalue weighted by molar-refractivity contribution is 5.91. The molecule has 0 spiro atoms. The molecule has 1 aromatic heterocycles. The standard InChI is InChI=1S/C20H19F3N4O/c1-3-14-8-10-15(11-9-14)12-26(2)19(28)17-13-27(25-24-17)18-7-5-4-6-16(18)20(21,22)23/h4-11,13H,3,12H2,1-2H3. The molecule has 0 aliphatic carbocycles. The summed E-state index contributed by atoms with van der Waals surface area (Å²) in [6.45, 7) is 2.42. The monoisotopic (exact) mass is 388 g/mol. The van der Waals surface area contributed by atoms with Crippen LogP contribution in [-0.2, 0) is 19.1 Å². The van der Waals surface area contributed by atoms with Gasteiger partial charge < -0.3 is 4.90 Å². The number of aromatic nitrogens is 3. The first-order valence-electron chi connectivity index (χ1n) is 8.72. The summed E-state index contributed by atoms with van der Waals surface area (Å²) in [5, 5.41) is 7.47. The Hall–Kier alpha value is -3.16. The molecule has 0 saturated carbocycles. The number of rotatable bonds is 5. The Kier molecular flexibility index (Phi) is 5.48. The maximum atomic E-state index is 13.2. The number of aryl methyl sites for hydroxylation is 1. The fourth-order valence-corrected chi connectivity index (χ4v) is 2.81. The summed E-state index contributed by atoms with van der Waals surface area (Å²) < 4.78 is 40.5. The third kappa shape index (κ3) is 4.21. The van der Waals surface area contributed by atoms with Gasteiger partial charge in [-0.05, 0) is 29.7 Å². The highest BCUT2D eigenvalue weighted by atomic mass is 19.4. The van der Waals surface area contributed by atoms with Crippen molar-refractivity contribution in [3.63, 3.8) is 0 Å². The van der Waals surface area contributed by atoms with E-state index in [9.17, 15) is 18.0 Å². The zero-order valence-electron chi connectivity index (χ0n) is 15.4. The zero-order valence-corrected chi connectivity index (χ0v) is 15.4. The van der Waals surface area contributed by atoms with E-state index in [1.807, 2.05) is 24.3 Å². The highest BCUT2D eigenvalue weighted by Crippen LogP contribution is 2.33. The van der Waals surface area contributed by atoms with Gasteiger partial charge in [-0.3, -0.25) is 4.79 Å². The van der Waals surface area contributed by atoms with E-state index in [0.717, 1.165) is 22.7 Å². The molecule has 0 radical (unpaired) electrons. The molecule has 0 aliphatic rings. The van der Waals surface area contributed by atoms with Crippen LogP contribution in [-0.4, -0.2) is 32.8 Å². The molecule has 2 aromatic carbocycles. The lowest BCUT2D eigenvalue weighted by molar-refractivity contribution is -0.137. The normalized spacial score (nSPS) is 11.5. The fourth-order valence-electron chi connectivity index (χ4n) is 2.81. The summed E-state index contributed by atoms with van der Waals surface area (Å²) in [5.41, 5.74) is 1.10. The number of alkyl halides is 3. The number of benzene rings is 2. The molecular formula is C20H19F3N4O. The van der Waals surface area contributed by atoms with Crippen LogP contribution in [0.25, 0.3) is 5.69 Å². The molecule has 8 heteroatoms. The van der Waals surface area contributed by atoms with Crippen LogP contribution in [0.15, 0.2) is 54.7 Å². The van der Waals surface area contributed by atoms with Crippen LogP contribution in [0.3, 0.4) is 0 Å². The Morgan fingerprint density at radius 1 is 1.07 bits per heavy atom. The van der Waals surface area contributed by atoms with Crippen molar-refractivity contribution in [2.24, 2.45) is 0 Å². The van der Waals surface area contributed by atoms with Crippen LogP contribution in [0.4, 0.5) is 13.2 Å². The average molecular weight is 388 g/mol. The Balaban J connectivity index is 1.79. The van der Waals surface area contributed by atoms with E-state index < -0.39 is 17.6 Å². The highest BCUT2D eigenvalue weighted by Gasteiger charge is 2.34. The second-order valence-corrected chi connectivity index (χ2v) is 6.39. The summed E-state index contributed by atoms with van der Waals surface area (Å²) in [6.07, 6.45) is -2.39. The molecular weight excluding hydrogens is 369 g/mol. The summed E-state index contributed by atoms with van der Waals surface area (Å²) in [7, 11) is 1.61. The third-order valence-corrected chi connectivity index (χ3v) is 4.37. The molecule has 0 atom stereocenters. The molecule has 1 heterocycles. The smallest absolute Gasteiger partial charge is 0.336 e. The van der Waals surface area contributed by atoms with Crippen molar-refractivity contribution in [3.05, 3.63) is 77.1 Å². The Morgan fingerprint density at radius 3 is 2.36 bits per heavy atom. The van der Waals surface area contributed by atoms with Crippen molar-refractivity contribution in [1.82, 2.24) is 19.9 Å². The van der Waals surface area contributed by atoms with Gasteiger partial charge in [0.05, 0.1) is 17.4 Å². The third-order valence-electron chi connectivity index (χ3n) is 4.37. The fraction of sp³-hybridized carbons (Fsp3) is 0.250. The first-order chi connectivity index (χ1) is 13.3. The van der Waals surface area contributed by atoms with E-state index >= 15 is 0 Å². The molecule has 3 rings (SSSR count). The second-order valence-electron chi connectivity index (χ2n) is 6.39. The van der Waals surface area contributed by atoms with E-state index in [0.29, 0.717) is 6.54 Å². The van der Waals surface area contributed by atoms with Crippen molar-refractivity contribution in [1.29, 1.82) is 0 Å². The van der Waals surface area contributed by atoms with Crippen LogP contribution in [0, 0.1) is 0 Å². The molecule has 0 aliphatic heterocycles. The Labute approximate surface area is 160 Å². The molecule has 28 heavy (non-hydrogen) atoms. The molecule has 0 unspecified atom stereocenters. The lowest BCUT2D eigenvalue weighted by Crippen LogP contribution is -2.26. The largest absolute Gasteiger partial charge is 0.418 e. The van der Waals surface area contributed by atoms with Crippen LogP contribution < -0.4 is 0 Å². The molecule has 0 fully saturated rings. The van der Waals surface area contributed by atoms with Gasteiger partial charge in [-0.2, -0.15) is 13.2 Å². The first kappa shape index (κ1) is 19.6. The maximum absolute atomic E-state index is 13.2. The van der Waals surface area contributed by atoms with Crippen molar-refractivity contribution in [2.45, 2.75) is 26.1 Å². The Morgan fingerprint density at radius 2 is 1.71 bits per heavy atom. The first-order valence-corrected chi connectivity index (χ1v) is 8.72. The van der Waals surface area contributed by atoms with Crippen molar-refractivity contribution < 1.29 is 18.0 Å². The van der Waals surface area contributed by atoms with Crippen LogP contribution >= 0.6 is 0 Å². The summed E-state index contributed by atoms with van der Waals surface area (Å²) in [6, 6.07) is 12.9. The Bertz CT molecular complexity index is 964. The van der Waals surface area contributed by atoms with Gasteiger partial charge in [-0.15, -0.1) is 5.10 Å². The predicted octanol–water partition coefficient (Wildman–Crippen LogP) is 4.12. The van der Waals surface area contributed by atoms with Crippen molar-refractivity contribution >= 4 is 5.91 Å². The number of amides is 1. The number of para-hydroxylation sites is 1. The number of carbonyl (C=O) groups is 1. The van der Waals surface area contributed by atoms with Gasteiger partial charge in [0.1, 0.15) is 0 Å². The SMILES string of the molecule is CCc1ccc(CN(C)C(=O)c2cn(-c3ccccc3C(F)(F)F)nn2)cc1. The summed E-state index contributed by atoms with van der Waals surface area (Å²) in [5.74, 6) is -0.421. The van der Waals surface area contributed by atoms with E-state index in [1.54, 1.807) is 7.05 Å². The minimum atomic E-state index is -4.53. The van der Waals surface area contributed by atoms with Gasteiger partial charge in [-0.25, -0.2) is 4.68 Å². The summed E-state index contributed by atoms with van der Waals surface area (Å²) >= 11 is 0. The molecule has 3 aromatic rings. The van der Waals surface area contributed by atoms with Gasteiger partial charge in [0.15, 0.2) is 5.69 Å². The predicted molar refractivity (Wildman–Crippen MR) is 98.0 cm³/mol. The lowest BCUT2D eigenvalue weighted by atomic mass is 10.1. The molecule has 5 nitrogen and oxygen atoms in total. The second kappa shape index (κ2) is 7.84. The molecule has 0 bridgehead atoms. The lowest BCUT2D eigenvalue weighted by Gasteiger charge is -2.16. The van der Waals surface area contributed by atoms with Crippen molar-refractivity contribution in [2.75, 3.05) is 7.05 Å². The van der Waals surface area contributed by atoms with Gasteiger partial charge in [0.2, 0.25) is 0 Å². The molecule has 1 amide bonds. The van der Waals surface area contributed by atoms with Crippen LogP contribution in [0.2, 0.25) is 0 Å². The van der Waals surface area contributed by atoms with Crippen LogP contribution in [0.5, 0.6) is 0 Å². The number of nitrogens with zero attached hydrogens (tertiary/aromatic N) is 4. The number of hydrogen-bond acceptors (Lipinski definition) is 3. The zero-order chi connectivity index (χ0) is 20.3.